The van der Waals surface area contributed by atoms with Crippen molar-refractivity contribution in [1.29, 1.82) is 0 Å². The number of benzene rings is 3. The van der Waals surface area contributed by atoms with Crippen molar-refractivity contribution in [2.75, 3.05) is 125 Å². The fourth-order valence-corrected chi connectivity index (χ4v) is 16.1. The zero-order valence-corrected chi connectivity index (χ0v) is 51.1. The van der Waals surface area contributed by atoms with Crippen LogP contribution in [0.4, 0.5) is 0 Å². The van der Waals surface area contributed by atoms with E-state index in [1.807, 2.05) is 24.3 Å². The third-order valence-electron chi connectivity index (χ3n) is 20.3. The van der Waals surface area contributed by atoms with Gasteiger partial charge in [0.1, 0.15) is 11.5 Å². The van der Waals surface area contributed by atoms with Gasteiger partial charge in [-0.2, -0.15) is 0 Å². The molecular formula is C69H107N3O10. The number of phenolic OH excluding ortho intramolecular Hbond substituents is 2. The van der Waals surface area contributed by atoms with E-state index in [1.165, 1.54) is 118 Å². The third-order valence-corrected chi connectivity index (χ3v) is 20.3. The number of rotatable bonds is 33. The van der Waals surface area contributed by atoms with Crippen molar-refractivity contribution in [1.82, 2.24) is 16.0 Å². The van der Waals surface area contributed by atoms with Crippen LogP contribution < -0.4 is 16.0 Å². The molecule has 9 rings (SSSR count). The number of ether oxygens (including phenoxy) is 8. The summed E-state index contributed by atoms with van der Waals surface area (Å²) in [4.78, 5) is 0. The van der Waals surface area contributed by atoms with Crippen LogP contribution in [0.1, 0.15) is 156 Å². The van der Waals surface area contributed by atoms with Crippen molar-refractivity contribution in [3.8, 4) is 11.5 Å². The Morgan fingerprint density at radius 1 is 0.402 bits per heavy atom. The Morgan fingerprint density at radius 2 is 0.720 bits per heavy atom. The van der Waals surface area contributed by atoms with E-state index in [0.717, 1.165) is 45.3 Å². The second kappa shape index (κ2) is 32.0. The summed E-state index contributed by atoms with van der Waals surface area (Å²) >= 11 is 0. The maximum Gasteiger partial charge on any atom is 0.115 e. The first-order chi connectivity index (χ1) is 40.0. The van der Waals surface area contributed by atoms with Gasteiger partial charge in [-0.3, -0.25) is 0 Å². The van der Waals surface area contributed by atoms with Gasteiger partial charge >= 0.3 is 0 Å². The smallest absolute Gasteiger partial charge is 0.115 e. The van der Waals surface area contributed by atoms with Crippen molar-refractivity contribution in [2.45, 2.75) is 178 Å². The Balaban J connectivity index is 0.649. The maximum atomic E-state index is 10.5. The van der Waals surface area contributed by atoms with Crippen LogP contribution in [0.2, 0.25) is 0 Å². The molecule has 5 N–H and O–H groups in total. The van der Waals surface area contributed by atoms with E-state index in [1.54, 1.807) is 11.1 Å². The zero-order valence-electron chi connectivity index (χ0n) is 51.1. The number of hydrogen-bond donors (Lipinski definition) is 5. The van der Waals surface area contributed by atoms with E-state index in [9.17, 15) is 10.2 Å². The van der Waals surface area contributed by atoms with E-state index in [2.05, 4.69) is 74.0 Å². The third kappa shape index (κ3) is 16.9. The second-order valence-corrected chi connectivity index (χ2v) is 26.2. The molecule has 0 saturated heterocycles. The minimum atomic E-state index is -0.00867. The molecule has 6 aliphatic carbocycles. The van der Waals surface area contributed by atoms with E-state index < -0.39 is 0 Å². The van der Waals surface area contributed by atoms with E-state index in [4.69, 9.17) is 37.9 Å². The molecule has 0 aliphatic heterocycles. The molecule has 6 bridgehead atoms. The Hall–Kier alpha value is -3.18. The molecule has 0 aromatic heterocycles. The topological polar surface area (TPSA) is 150 Å². The lowest BCUT2D eigenvalue weighted by Crippen LogP contribution is -2.56. The first-order valence-electron chi connectivity index (χ1n) is 32.6. The van der Waals surface area contributed by atoms with Gasteiger partial charge in [0.15, 0.2) is 0 Å². The molecule has 13 nitrogen and oxygen atoms in total. The lowest BCUT2D eigenvalue weighted by molar-refractivity contribution is -0.0421. The second-order valence-electron chi connectivity index (χ2n) is 26.2. The Morgan fingerprint density at radius 3 is 1.09 bits per heavy atom. The molecule has 3 aromatic rings. The summed E-state index contributed by atoms with van der Waals surface area (Å²) in [6.07, 6.45) is 22.1. The van der Waals surface area contributed by atoms with Gasteiger partial charge in [-0.25, -0.2) is 0 Å². The molecule has 3 saturated carbocycles. The zero-order chi connectivity index (χ0) is 57.0. The van der Waals surface area contributed by atoms with Crippen LogP contribution in [0.15, 0.2) is 54.6 Å². The molecule has 3 fully saturated rings. The quantitative estimate of drug-likeness (QED) is 0.0369. The predicted octanol–water partition coefficient (Wildman–Crippen LogP) is 10.6. The lowest BCUT2D eigenvalue weighted by Gasteiger charge is -2.49. The highest BCUT2D eigenvalue weighted by atomic mass is 16.6. The monoisotopic (exact) mass is 1140 g/mol. The van der Waals surface area contributed by atoms with Crippen molar-refractivity contribution in [2.24, 2.45) is 23.7 Å². The summed E-state index contributed by atoms with van der Waals surface area (Å²) < 4.78 is 48.6. The van der Waals surface area contributed by atoms with Gasteiger partial charge in [-0.05, 0) is 140 Å². The largest absolute Gasteiger partial charge is 0.508 e. The average molecular weight is 1140 g/mol. The molecule has 10 atom stereocenters. The van der Waals surface area contributed by atoms with E-state index in [-0.39, 0.29) is 22.2 Å². The summed E-state index contributed by atoms with van der Waals surface area (Å²) in [6.45, 7) is 20.5. The average Bonchev–Trinajstić information content (AvgIpc) is 2.68. The molecule has 0 radical (unpaired) electrons. The van der Waals surface area contributed by atoms with Gasteiger partial charge in [-0.1, -0.05) is 114 Å². The Labute approximate surface area is 493 Å². The van der Waals surface area contributed by atoms with Gasteiger partial charge in [0, 0.05) is 59.9 Å². The van der Waals surface area contributed by atoms with Gasteiger partial charge < -0.3 is 64.1 Å². The van der Waals surface area contributed by atoms with Crippen molar-refractivity contribution >= 4 is 0 Å². The highest BCUT2D eigenvalue weighted by Gasteiger charge is 2.48. The van der Waals surface area contributed by atoms with Crippen molar-refractivity contribution in [3.63, 3.8) is 0 Å². The van der Waals surface area contributed by atoms with E-state index >= 15 is 0 Å². The minimum absolute atomic E-state index is 0.00199. The first-order valence-corrected chi connectivity index (χ1v) is 32.6. The Kier molecular flexibility index (Phi) is 24.7. The molecule has 0 heterocycles. The molecule has 6 aliphatic rings. The van der Waals surface area contributed by atoms with Crippen LogP contribution in [0.25, 0.3) is 0 Å². The molecule has 13 heteroatoms. The highest BCUT2D eigenvalue weighted by molar-refractivity contribution is 5.46. The van der Waals surface area contributed by atoms with Crippen LogP contribution in [-0.4, -0.2) is 154 Å². The molecule has 3 aromatic carbocycles. The molecule has 0 amide bonds. The molecule has 1 unspecified atom stereocenters. The van der Waals surface area contributed by atoms with Gasteiger partial charge in [0.2, 0.25) is 0 Å². The number of aromatic hydroxyl groups is 2. The van der Waals surface area contributed by atoms with E-state index in [0.29, 0.717) is 153 Å². The summed E-state index contributed by atoms with van der Waals surface area (Å²) in [5.41, 5.74) is 10.1. The van der Waals surface area contributed by atoms with Crippen LogP contribution in [0, 0.1) is 30.6 Å². The number of nitrogens with one attached hydrogen (secondary N) is 3. The summed E-state index contributed by atoms with van der Waals surface area (Å²) in [6, 6.07) is 20.4. The van der Waals surface area contributed by atoms with Gasteiger partial charge in [0.05, 0.1) is 106 Å². The van der Waals surface area contributed by atoms with Crippen LogP contribution >= 0.6 is 0 Å². The molecule has 458 valence electrons. The van der Waals surface area contributed by atoms with Crippen molar-refractivity contribution < 1.29 is 48.1 Å². The SMILES string of the molecule is Cc1ccc2c(c1)[C@@]1(C)CCCCC[C@@H](C2)[C@@H]1NCCOCCOCCOCC(COCCOCCN[C@H]1[C@H]2CCCCC[C@]1(C)c1cc(O)ccc1C2)COCCOCCOCCN[C@H]1[C@H]2CCCCC[C@]1(C)c1cc(O)ccc1C2. The maximum absolute atomic E-state index is 10.5. The van der Waals surface area contributed by atoms with Crippen LogP contribution in [-0.2, 0) is 73.4 Å². The summed E-state index contributed by atoms with van der Waals surface area (Å²) in [5.74, 6) is 2.63. The number of phenols is 2. The number of fused-ring (bicyclic) bond motifs is 12. The first kappa shape index (κ1) is 63.3. The summed E-state index contributed by atoms with van der Waals surface area (Å²) in [5, 5.41) is 32.7. The van der Waals surface area contributed by atoms with Gasteiger partial charge in [-0.15, -0.1) is 0 Å². The van der Waals surface area contributed by atoms with Gasteiger partial charge in [0.25, 0.3) is 0 Å². The minimum Gasteiger partial charge on any atom is -0.508 e. The van der Waals surface area contributed by atoms with Crippen LogP contribution in [0.3, 0.4) is 0 Å². The predicted molar refractivity (Wildman–Crippen MR) is 326 cm³/mol. The standard InChI is InChI=1S/C69H107N3O10/c1-51-17-18-53-43-56-14-8-5-11-23-67(2,61(53)42-51)64(56)70-26-29-75-32-34-78-37-40-81-49-52(48-80-39-36-77-31-28-72-66-58-16-10-7-13-25-69(66,4)63-47-60(74)22-20-55(63)45-58)50-82-41-38-79-35-33-76-30-27-71-65-57-15-9-6-12-24-68(65,3)62-46-59(73)21-19-54(62)44-57/h17-22,42,46-47,52,56-58,64-66,70-74H,5-16,23-41,43-45,48-50H2,1-4H3/t52?,56-,57-,58-,64-,65-,66-,67+,68+,69+/m0/s1. The summed E-state index contributed by atoms with van der Waals surface area (Å²) in [7, 11) is 0. The fraction of sp³-hybridized carbons (Fsp3) is 0.739. The van der Waals surface area contributed by atoms with Crippen LogP contribution in [0.5, 0.6) is 11.5 Å². The van der Waals surface area contributed by atoms with Crippen molar-refractivity contribution in [3.05, 3.63) is 93.5 Å². The Bertz CT molecular complexity index is 2260. The molecule has 82 heavy (non-hydrogen) atoms. The number of hydrogen-bond acceptors (Lipinski definition) is 13. The fourth-order valence-electron chi connectivity index (χ4n) is 16.1. The molecule has 0 spiro atoms. The normalized spacial score (nSPS) is 28.3. The highest BCUT2D eigenvalue weighted by Crippen LogP contribution is 2.50. The number of aryl methyl sites for hydroxylation is 1. The lowest BCUT2D eigenvalue weighted by atomic mass is 9.59. The molecular weight excluding hydrogens is 1030 g/mol.